The first-order valence-corrected chi connectivity index (χ1v) is 13.2. The quantitative estimate of drug-likeness (QED) is 0.300. The summed E-state index contributed by atoms with van der Waals surface area (Å²) < 4.78 is 4.83. The minimum Gasteiger partial charge on any atom is -0.465 e. The second-order valence-electron chi connectivity index (χ2n) is 10.1. The van der Waals surface area contributed by atoms with Crippen LogP contribution in [-0.2, 0) is 24.1 Å². The number of carbonyl (C=O) groups is 1. The van der Waals surface area contributed by atoms with E-state index in [1.807, 2.05) is 49.4 Å². The summed E-state index contributed by atoms with van der Waals surface area (Å²) in [5, 5.41) is 11.1. The number of benzene rings is 3. The zero-order valence-electron chi connectivity index (χ0n) is 22.0. The Bertz CT molecular complexity index is 1370. The summed E-state index contributed by atoms with van der Waals surface area (Å²) in [6.07, 6.45) is 4.16. The Morgan fingerprint density at radius 3 is 2.47 bits per heavy atom. The molecule has 5 rings (SSSR count). The number of carbonyl (C=O) groups excluding carboxylic acids is 1. The van der Waals surface area contributed by atoms with Crippen LogP contribution in [0.4, 0.5) is 0 Å². The van der Waals surface area contributed by atoms with Crippen LogP contribution in [0.1, 0.15) is 50.8 Å². The highest BCUT2D eigenvalue weighted by Gasteiger charge is 2.27. The number of aryl methyl sites for hydroxylation is 2. The second-order valence-corrected chi connectivity index (χ2v) is 10.1. The van der Waals surface area contributed by atoms with E-state index in [1.54, 1.807) is 6.20 Å². The number of fused-ring (bicyclic) bond motifs is 1. The monoisotopic (exact) mass is 506 g/mol. The van der Waals surface area contributed by atoms with Gasteiger partial charge in [-0.05, 0) is 72.2 Å². The third kappa shape index (κ3) is 6.01. The molecule has 0 saturated carbocycles. The molecule has 5 heteroatoms. The zero-order valence-corrected chi connectivity index (χ0v) is 22.0. The van der Waals surface area contributed by atoms with Gasteiger partial charge in [0, 0.05) is 36.6 Å². The Morgan fingerprint density at radius 1 is 1.00 bits per heavy atom. The number of aliphatic hydroxyl groups is 1. The SMILES string of the molecule is COC(=O)c1ccc(-c2ccc3c(c2)CC(N(Cc2ccccc2)CC(O)c2ccc(C)nc2)CC3)cc1. The van der Waals surface area contributed by atoms with Crippen molar-refractivity contribution >= 4 is 5.97 Å². The summed E-state index contributed by atoms with van der Waals surface area (Å²) in [6, 6.07) is 29.0. The molecule has 0 aliphatic heterocycles. The highest BCUT2D eigenvalue weighted by Crippen LogP contribution is 2.31. The van der Waals surface area contributed by atoms with Gasteiger partial charge in [0.2, 0.25) is 0 Å². The molecule has 1 aliphatic carbocycles. The smallest absolute Gasteiger partial charge is 0.337 e. The molecular weight excluding hydrogens is 472 g/mol. The van der Waals surface area contributed by atoms with Crippen LogP contribution in [0.25, 0.3) is 11.1 Å². The lowest BCUT2D eigenvalue weighted by atomic mass is 9.85. The summed E-state index contributed by atoms with van der Waals surface area (Å²) in [5.41, 5.74) is 8.54. The predicted octanol–water partition coefficient (Wildman–Crippen LogP) is 5.94. The van der Waals surface area contributed by atoms with Crippen LogP contribution in [0.3, 0.4) is 0 Å². The van der Waals surface area contributed by atoms with Gasteiger partial charge in [-0.15, -0.1) is 0 Å². The molecule has 4 aromatic rings. The van der Waals surface area contributed by atoms with Crippen molar-refractivity contribution in [2.75, 3.05) is 13.7 Å². The number of rotatable bonds is 8. The number of hydrogen-bond acceptors (Lipinski definition) is 5. The van der Waals surface area contributed by atoms with E-state index in [-0.39, 0.29) is 5.97 Å². The molecule has 0 fully saturated rings. The Hall–Kier alpha value is -3.80. The second kappa shape index (κ2) is 11.7. The molecule has 0 saturated heterocycles. The highest BCUT2D eigenvalue weighted by atomic mass is 16.5. The van der Waals surface area contributed by atoms with Gasteiger partial charge in [-0.25, -0.2) is 4.79 Å². The molecule has 0 bridgehead atoms. The number of esters is 1. The van der Waals surface area contributed by atoms with E-state index < -0.39 is 6.10 Å². The van der Waals surface area contributed by atoms with Crippen molar-refractivity contribution in [3.63, 3.8) is 0 Å². The molecule has 5 nitrogen and oxygen atoms in total. The van der Waals surface area contributed by atoms with E-state index in [9.17, 15) is 9.90 Å². The fraction of sp³-hybridized carbons (Fsp3) is 0.273. The van der Waals surface area contributed by atoms with Gasteiger partial charge in [0.15, 0.2) is 0 Å². The summed E-state index contributed by atoms with van der Waals surface area (Å²) in [5.74, 6) is -0.327. The van der Waals surface area contributed by atoms with Crippen LogP contribution in [0.5, 0.6) is 0 Å². The number of hydrogen-bond donors (Lipinski definition) is 1. The molecule has 1 aromatic heterocycles. The van der Waals surface area contributed by atoms with Crippen molar-refractivity contribution in [1.29, 1.82) is 0 Å². The maximum atomic E-state index is 11.8. The number of methoxy groups -OCH3 is 1. The van der Waals surface area contributed by atoms with Gasteiger partial charge in [-0.2, -0.15) is 0 Å². The summed E-state index contributed by atoms with van der Waals surface area (Å²) >= 11 is 0. The van der Waals surface area contributed by atoms with Gasteiger partial charge in [0.05, 0.1) is 18.8 Å². The average Bonchev–Trinajstić information content (AvgIpc) is 2.96. The Labute approximate surface area is 224 Å². The number of aliphatic hydroxyl groups excluding tert-OH is 1. The Morgan fingerprint density at radius 2 is 1.76 bits per heavy atom. The molecule has 0 amide bonds. The zero-order chi connectivity index (χ0) is 26.5. The van der Waals surface area contributed by atoms with Crippen molar-refractivity contribution in [1.82, 2.24) is 9.88 Å². The van der Waals surface area contributed by atoms with Crippen LogP contribution in [-0.4, -0.2) is 40.7 Å². The van der Waals surface area contributed by atoms with Gasteiger partial charge < -0.3 is 9.84 Å². The number of ether oxygens (including phenoxy) is 1. The van der Waals surface area contributed by atoms with Crippen LogP contribution in [0, 0.1) is 6.92 Å². The molecule has 194 valence electrons. The maximum absolute atomic E-state index is 11.8. The molecule has 0 spiro atoms. The first-order chi connectivity index (χ1) is 18.5. The standard InChI is InChI=1S/C33H34N2O3/c1-23-8-9-29(20-34-23)32(36)22-35(21-24-6-4-3-5-7-24)31-17-16-26-12-15-28(18-30(26)19-31)25-10-13-27(14-11-25)33(37)38-2/h3-15,18,20,31-32,36H,16-17,19,21-22H2,1-2H3. The largest absolute Gasteiger partial charge is 0.465 e. The normalized spacial score (nSPS) is 15.6. The molecule has 2 unspecified atom stereocenters. The summed E-state index contributed by atoms with van der Waals surface area (Å²) in [7, 11) is 1.40. The molecule has 38 heavy (non-hydrogen) atoms. The van der Waals surface area contributed by atoms with Gasteiger partial charge >= 0.3 is 5.97 Å². The molecule has 1 N–H and O–H groups in total. The van der Waals surface area contributed by atoms with E-state index in [0.29, 0.717) is 18.2 Å². The van der Waals surface area contributed by atoms with Gasteiger partial charge in [-0.3, -0.25) is 9.88 Å². The Kier molecular flexibility index (Phi) is 7.97. The lowest BCUT2D eigenvalue weighted by Gasteiger charge is -2.36. The van der Waals surface area contributed by atoms with Gasteiger partial charge in [-0.1, -0.05) is 66.7 Å². The number of aromatic nitrogens is 1. The molecule has 0 radical (unpaired) electrons. The van der Waals surface area contributed by atoms with Crippen LogP contribution in [0.15, 0.2) is 91.1 Å². The third-order valence-corrected chi connectivity index (χ3v) is 7.52. The lowest BCUT2D eigenvalue weighted by Crippen LogP contribution is -2.41. The van der Waals surface area contributed by atoms with Crippen molar-refractivity contribution in [2.45, 2.75) is 44.9 Å². The van der Waals surface area contributed by atoms with Crippen molar-refractivity contribution < 1.29 is 14.6 Å². The predicted molar refractivity (Wildman–Crippen MR) is 150 cm³/mol. The maximum Gasteiger partial charge on any atom is 0.337 e. The molecule has 2 atom stereocenters. The van der Waals surface area contributed by atoms with E-state index in [1.165, 1.54) is 23.8 Å². The highest BCUT2D eigenvalue weighted by molar-refractivity contribution is 5.90. The van der Waals surface area contributed by atoms with Gasteiger partial charge in [0.1, 0.15) is 0 Å². The van der Waals surface area contributed by atoms with E-state index in [2.05, 4.69) is 52.3 Å². The Balaban J connectivity index is 1.37. The molecule has 1 aliphatic rings. The van der Waals surface area contributed by atoms with E-state index in [0.717, 1.165) is 48.2 Å². The molecule has 3 aromatic carbocycles. The van der Waals surface area contributed by atoms with E-state index in [4.69, 9.17) is 4.74 Å². The third-order valence-electron chi connectivity index (χ3n) is 7.52. The molecule has 1 heterocycles. The van der Waals surface area contributed by atoms with Crippen molar-refractivity contribution in [3.8, 4) is 11.1 Å². The van der Waals surface area contributed by atoms with Crippen LogP contribution in [0.2, 0.25) is 0 Å². The number of pyridine rings is 1. The first kappa shape index (κ1) is 25.8. The van der Waals surface area contributed by atoms with Gasteiger partial charge in [0.25, 0.3) is 0 Å². The summed E-state index contributed by atoms with van der Waals surface area (Å²) in [6.45, 7) is 3.29. The molecular formula is C33H34N2O3. The topological polar surface area (TPSA) is 62.7 Å². The van der Waals surface area contributed by atoms with Crippen molar-refractivity contribution in [3.05, 3.63) is 125 Å². The minimum absolute atomic E-state index is 0.313. The van der Waals surface area contributed by atoms with Crippen LogP contribution >= 0.6 is 0 Å². The fourth-order valence-corrected chi connectivity index (χ4v) is 5.31. The van der Waals surface area contributed by atoms with E-state index >= 15 is 0 Å². The minimum atomic E-state index is -0.604. The fourth-order valence-electron chi connectivity index (χ4n) is 5.31. The van der Waals surface area contributed by atoms with Crippen LogP contribution < -0.4 is 0 Å². The lowest BCUT2D eigenvalue weighted by molar-refractivity contribution is 0.0600. The summed E-state index contributed by atoms with van der Waals surface area (Å²) in [4.78, 5) is 18.6. The number of nitrogens with zero attached hydrogens (tertiary/aromatic N) is 2. The van der Waals surface area contributed by atoms with Crippen molar-refractivity contribution in [2.24, 2.45) is 0 Å². The first-order valence-electron chi connectivity index (χ1n) is 13.2. The average molecular weight is 507 g/mol.